The Hall–Kier alpha value is -0.860. The highest BCUT2D eigenvalue weighted by Crippen LogP contribution is 2.08. The second kappa shape index (κ2) is 4.04. The summed E-state index contributed by atoms with van der Waals surface area (Å²) in [6, 6.07) is 9.59. The van der Waals surface area contributed by atoms with Gasteiger partial charge in [-0.1, -0.05) is 30.3 Å². The van der Waals surface area contributed by atoms with Crippen LogP contribution < -0.4 is 0 Å². The summed E-state index contributed by atoms with van der Waals surface area (Å²) < 4.78 is 0. The molecule has 0 aliphatic heterocycles. The molecule has 2 nitrogen and oxygen atoms in total. The second-order valence-electron chi connectivity index (χ2n) is 2.09. The third-order valence-corrected chi connectivity index (χ3v) is 1.28. The van der Waals surface area contributed by atoms with E-state index in [4.69, 9.17) is 5.11 Å². The van der Waals surface area contributed by atoms with E-state index in [0.717, 1.165) is 5.56 Å². The maximum absolute atomic E-state index is 9.02. The van der Waals surface area contributed by atoms with E-state index in [1.807, 2.05) is 30.3 Å². The molecule has 0 bridgehead atoms. The van der Waals surface area contributed by atoms with Gasteiger partial charge in [-0.25, -0.2) is 0 Å². The Kier molecular flexibility index (Phi) is 3.69. The van der Waals surface area contributed by atoms with E-state index < -0.39 is 0 Å². The third-order valence-electron chi connectivity index (χ3n) is 1.28. The molecular formula is C8H12O2. The van der Waals surface area contributed by atoms with E-state index in [0.29, 0.717) is 0 Å². The standard InChI is InChI=1S/C8H10O.H2O/c1-7(9)8-5-3-2-4-6-8;/h2-7,9H,1H3;1H2. The van der Waals surface area contributed by atoms with E-state index in [9.17, 15) is 0 Å². The Bertz CT molecular complexity index is 170. The van der Waals surface area contributed by atoms with Crippen molar-refractivity contribution in [2.24, 2.45) is 0 Å². The van der Waals surface area contributed by atoms with Crippen LogP contribution >= 0.6 is 0 Å². The van der Waals surface area contributed by atoms with Crippen molar-refractivity contribution in [2.75, 3.05) is 0 Å². The molecule has 3 N–H and O–H groups in total. The van der Waals surface area contributed by atoms with E-state index in [1.54, 1.807) is 6.92 Å². The monoisotopic (exact) mass is 140 g/mol. The molecule has 0 saturated carbocycles. The first-order chi connectivity index (χ1) is 4.30. The average molecular weight is 140 g/mol. The van der Waals surface area contributed by atoms with Crippen LogP contribution in [0.25, 0.3) is 0 Å². The van der Waals surface area contributed by atoms with Crippen LogP contribution in [0.4, 0.5) is 0 Å². The Labute approximate surface area is 60.4 Å². The zero-order valence-electron chi connectivity index (χ0n) is 5.91. The first-order valence-electron chi connectivity index (χ1n) is 3.03. The molecule has 1 rings (SSSR count). The lowest BCUT2D eigenvalue weighted by atomic mass is 10.1. The van der Waals surface area contributed by atoms with Gasteiger partial charge < -0.3 is 10.6 Å². The van der Waals surface area contributed by atoms with Gasteiger partial charge in [0.25, 0.3) is 0 Å². The van der Waals surface area contributed by atoms with Gasteiger partial charge in [-0.15, -0.1) is 0 Å². The minimum atomic E-state index is -0.341. The van der Waals surface area contributed by atoms with Crippen molar-refractivity contribution in [1.82, 2.24) is 0 Å². The summed E-state index contributed by atoms with van der Waals surface area (Å²) in [5.41, 5.74) is 0.970. The highest BCUT2D eigenvalue weighted by molar-refractivity contribution is 5.16. The van der Waals surface area contributed by atoms with Gasteiger partial charge in [0.2, 0.25) is 0 Å². The van der Waals surface area contributed by atoms with Crippen LogP contribution in [-0.2, 0) is 0 Å². The number of hydrogen-bond acceptors (Lipinski definition) is 1. The number of aliphatic hydroxyl groups is 1. The molecule has 0 fully saturated rings. The van der Waals surface area contributed by atoms with Crippen molar-refractivity contribution < 1.29 is 10.6 Å². The summed E-state index contributed by atoms with van der Waals surface area (Å²) in [5, 5.41) is 9.02. The zero-order chi connectivity index (χ0) is 6.69. The van der Waals surface area contributed by atoms with Gasteiger partial charge in [0.1, 0.15) is 0 Å². The summed E-state index contributed by atoms with van der Waals surface area (Å²) in [4.78, 5) is 0. The molecule has 0 amide bonds. The maximum atomic E-state index is 9.02. The first-order valence-corrected chi connectivity index (χ1v) is 3.03. The first kappa shape index (κ1) is 9.14. The number of aliphatic hydroxyl groups excluding tert-OH is 1. The average Bonchev–Trinajstić information content (AvgIpc) is 1.90. The second-order valence-corrected chi connectivity index (χ2v) is 2.09. The summed E-state index contributed by atoms with van der Waals surface area (Å²) in [7, 11) is 0. The van der Waals surface area contributed by atoms with Crippen LogP contribution in [0.3, 0.4) is 0 Å². The van der Waals surface area contributed by atoms with Crippen molar-refractivity contribution in [3.63, 3.8) is 0 Å². The molecule has 0 radical (unpaired) electrons. The van der Waals surface area contributed by atoms with Gasteiger partial charge in [-0.3, -0.25) is 0 Å². The predicted octanol–water partition coefficient (Wildman–Crippen LogP) is 0.915. The highest BCUT2D eigenvalue weighted by atomic mass is 16.3. The van der Waals surface area contributed by atoms with Crippen LogP contribution in [0.15, 0.2) is 30.3 Å². The molecule has 1 aromatic carbocycles. The highest BCUT2D eigenvalue weighted by Gasteiger charge is 1.95. The van der Waals surface area contributed by atoms with Crippen LogP contribution in [0.1, 0.15) is 18.6 Å². The molecule has 10 heavy (non-hydrogen) atoms. The summed E-state index contributed by atoms with van der Waals surface area (Å²) in [6.07, 6.45) is -0.341. The Morgan fingerprint density at radius 1 is 1.20 bits per heavy atom. The fraction of sp³-hybridized carbons (Fsp3) is 0.250. The SMILES string of the molecule is CC(O)c1ccccc1.O. The molecule has 1 atom stereocenters. The van der Waals surface area contributed by atoms with Gasteiger partial charge >= 0.3 is 0 Å². The van der Waals surface area contributed by atoms with Crippen LogP contribution in [0, 0.1) is 0 Å². The Morgan fingerprint density at radius 3 is 2.00 bits per heavy atom. The Morgan fingerprint density at radius 2 is 1.70 bits per heavy atom. The minimum Gasteiger partial charge on any atom is -0.412 e. The quantitative estimate of drug-likeness (QED) is 0.619. The van der Waals surface area contributed by atoms with Gasteiger partial charge in [0, 0.05) is 0 Å². The molecule has 0 heterocycles. The van der Waals surface area contributed by atoms with E-state index in [2.05, 4.69) is 0 Å². The fourth-order valence-corrected chi connectivity index (χ4v) is 0.732. The minimum absolute atomic E-state index is 0. The van der Waals surface area contributed by atoms with Crippen LogP contribution in [0.2, 0.25) is 0 Å². The largest absolute Gasteiger partial charge is 0.412 e. The number of rotatable bonds is 1. The molecule has 0 saturated heterocycles. The van der Waals surface area contributed by atoms with Crippen molar-refractivity contribution in [3.8, 4) is 0 Å². The molecular weight excluding hydrogens is 128 g/mol. The predicted molar refractivity (Wildman–Crippen MR) is 40.7 cm³/mol. The number of hydrogen-bond donors (Lipinski definition) is 1. The molecule has 1 unspecified atom stereocenters. The number of benzene rings is 1. The van der Waals surface area contributed by atoms with E-state index >= 15 is 0 Å². The molecule has 2 heteroatoms. The zero-order valence-corrected chi connectivity index (χ0v) is 5.91. The van der Waals surface area contributed by atoms with Crippen LogP contribution in [0.5, 0.6) is 0 Å². The summed E-state index contributed by atoms with van der Waals surface area (Å²) in [5.74, 6) is 0. The van der Waals surface area contributed by atoms with Crippen molar-refractivity contribution in [2.45, 2.75) is 13.0 Å². The molecule has 0 aliphatic rings. The van der Waals surface area contributed by atoms with E-state index in [1.165, 1.54) is 0 Å². The smallest absolute Gasteiger partial charge is 0.0761 e. The lowest BCUT2D eigenvalue weighted by Gasteiger charge is -2.00. The van der Waals surface area contributed by atoms with Gasteiger partial charge in [-0.05, 0) is 12.5 Å². The van der Waals surface area contributed by atoms with Gasteiger partial charge in [0.05, 0.1) is 6.10 Å². The summed E-state index contributed by atoms with van der Waals surface area (Å²) >= 11 is 0. The van der Waals surface area contributed by atoms with Crippen molar-refractivity contribution in [3.05, 3.63) is 35.9 Å². The lowest BCUT2D eigenvalue weighted by molar-refractivity contribution is 0.199. The molecule has 1 aromatic rings. The topological polar surface area (TPSA) is 51.7 Å². The molecule has 0 aliphatic carbocycles. The molecule has 0 aromatic heterocycles. The normalized spacial score (nSPS) is 11.8. The maximum Gasteiger partial charge on any atom is 0.0761 e. The fourth-order valence-electron chi connectivity index (χ4n) is 0.732. The lowest BCUT2D eigenvalue weighted by Crippen LogP contribution is -1.87. The molecule has 0 spiro atoms. The third kappa shape index (κ3) is 2.17. The van der Waals surface area contributed by atoms with Crippen LogP contribution in [-0.4, -0.2) is 10.6 Å². The summed E-state index contributed by atoms with van der Waals surface area (Å²) in [6.45, 7) is 1.76. The molecule has 56 valence electrons. The van der Waals surface area contributed by atoms with Gasteiger partial charge in [-0.2, -0.15) is 0 Å². The van der Waals surface area contributed by atoms with Crippen molar-refractivity contribution in [1.29, 1.82) is 0 Å². The van der Waals surface area contributed by atoms with Gasteiger partial charge in [0.15, 0.2) is 0 Å². The Balaban J connectivity index is 0.000000810. The van der Waals surface area contributed by atoms with Crippen molar-refractivity contribution >= 4 is 0 Å². The van der Waals surface area contributed by atoms with E-state index in [-0.39, 0.29) is 11.6 Å².